The minimum Gasteiger partial charge on any atom is -0.497 e. The van der Waals surface area contributed by atoms with Crippen LogP contribution in [0.15, 0.2) is 57.1 Å². The number of methoxy groups -OCH3 is 1. The number of hydrogen-bond donors (Lipinski definition) is 3. The maximum Gasteiger partial charge on any atom is 0.313 e. The number of rotatable bonds is 5. The van der Waals surface area contributed by atoms with E-state index in [0.29, 0.717) is 11.4 Å². The highest BCUT2D eigenvalue weighted by molar-refractivity contribution is 8.14. The van der Waals surface area contributed by atoms with Crippen molar-refractivity contribution in [2.75, 3.05) is 18.2 Å². The van der Waals surface area contributed by atoms with Gasteiger partial charge in [0.1, 0.15) is 5.75 Å². The molecule has 0 fully saturated rings. The molecule has 0 unspecified atom stereocenters. The monoisotopic (exact) mass is 413 g/mol. The van der Waals surface area contributed by atoms with Gasteiger partial charge in [0, 0.05) is 11.8 Å². The molecule has 11 heteroatoms. The van der Waals surface area contributed by atoms with Crippen molar-refractivity contribution >= 4 is 51.9 Å². The highest BCUT2D eigenvalue weighted by atomic mass is 32.2. The molecule has 148 valence electrons. The van der Waals surface area contributed by atoms with Crippen LogP contribution in [0.4, 0.5) is 5.69 Å². The summed E-state index contributed by atoms with van der Waals surface area (Å²) >= 11 is 0.936. The Morgan fingerprint density at radius 2 is 2.17 bits per heavy atom. The molecule has 0 saturated heterocycles. The standard InChI is InChI=1S/C18H15N5O5S/c1-27-11-5-2-4-10(8-11)20-13(24)9-29-18-22-15(19)14(17(26)23-18)21-16(25)12-6-3-7-28-12/h2-8H,9H2,1H3,(H,20,24)(H2,19,22,23,26). The van der Waals surface area contributed by atoms with Crippen LogP contribution < -0.4 is 15.4 Å². The van der Waals surface area contributed by atoms with E-state index in [-0.39, 0.29) is 22.6 Å². The Hall–Kier alpha value is -3.73. The predicted molar refractivity (Wildman–Crippen MR) is 108 cm³/mol. The number of thioether (sulfide) groups is 1. The molecule has 0 bridgehead atoms. The normalized spacial score (nSPS) is 14.9. The van der Waals surface area contributed by atoms with Crippen molar-refractivity contribution in [1.29, 1.82) is 5.41 Å². The fraction of sp³-hybridized carbons (Fsp3) is 0.111. The lowest BCUT2D eigenvalue weighted by Crippen LogP contribution is -2.43. The van der Waals surface area contributed by atoms with E-state index in [1.54, 1.807) is 24.3 Å². The van der Waals surface area contributed by atoms with E-state index in [1.165, 1.54) is 25.5 Å². The smallest absolute Gasteiger partial charge is 0.313 e. The van der Waals surface area contributed by atoms with Crippen LogP contribution in [-0.4, -0.2) is 47.3 Å². The van der Waals surface area contributed by atoms with Gasteiger partial charge in [-0.1, -0.05) is 17.8 Å². The topological polar surface area (TPSA) is 146 Å². The molecule has 0 aliphatic carbocycles. The maximum atomic E-state index is 12.2. The first-order valence-electron chi connectivity index (χ1n) is 8.18. The molecular weight excluding hydrogens is 398 g/mol. The molecule has 1 aliphatic rings. The maximum absolute atomic E-state index is 12.2. The number of amides is 3. The van der Waals surface area contributed by atoms with Crippen molar-refractivity contribution < 1.29 is 23.5 Å². The van der Waals surface area contributed by atoms with Gasteiger partial charge in [-0.15, -0.1) is 0 Å². The Kier molecular flexibility index (Phi) is 6.19. The van der Waals surface area contributed by atoms with Gasteiger partial charge >= 0.3 is 5.91 Å². The lowest BCUT2D eigenvalue weighted by atomic mass is 10.3. The largest absolute Gasteiger partial charge is 0.497 e. The Morgan fingerprint density at radius 3 is 2.86 bits per heavy atom. The molecule has 3 amide bonds. The first-order chi connectivity index (χ1) is 14.0. The van der Waals surface area contributed by atoms with E-state index in [4.69, 9.17) is 14.6 Å². The van der Waals surface area contributed by atoms with Gasteiger partial charge in [-0.25, -0.2) is 4.99 Å². The quantitative estimate of drug-likeness (QED) is 0.680. The first kappa shape index (κ1) is 20.0. The van der Waals surface area contributed by atoms with Gasteiger partial charge < -0.3 is 14.5 Å². The average molecular weight is 413 g/mol. The number of anilines is 1. The Balaban J connectivity index is 1.59. The van der Waals surface area contributed by atoms with Gasteiger partial charge in [0.25, 0.3) is 5.91 Å². The predicted octanol–water partition coefficient (Wildman–Crippen LogP) is 1.70. The molecule has 1 aromatic carbocycles. The molecular formula is C18H15N5O5S. The highest BCUT2D eigenvalue weighted by Crippen LogP contribution is 2.17. The molecule has 29 heavy (non-hydrogen) atoms. The van der Waals surface area contributed by atoms with E-state index in [2.05, 4.69) is 20.6 Å². The third-order valence-corrected chi connectivity index (χ3v) is 4.39. The number of aliphatic imine (C=N–C) groups is 2. The second kappa shape index (κ2) is 8.97. The zero-order valence-corrected chi connectivity index (χ0v) is 15.9. The fourth-order valence-corrected chi connectivity index (χ4v) is 2.87. The molecule has 0 atom stereocenters. The minimum absolute atomic E-state index is 0.0542. The van der Waals surface area contributed by atoms with E-state index >= 15 is 0 Å². The van der Waals surface area contributed by atoms with Crippen LogP contribution in [0.5, 0.6) is 5.75 Å². The van der Waals surface area contributed by atoms with E-state index in [9.17, 15) is 14.4 Å². The Bertz CT molecular complexity index is 1030. The summed E-state index contributed by atoms with van der Waals surface area (Å²) in [6.07, 6.45) is 1.29. The van der Waals surface area contributed by atoms with Crippen molar-refractivity contribution in [1.82, 2.24) is 5.32 Å². The molecule has 0 spiro atoms. The molecule has 2 heterocycles. The number of nitrogens with zero attached hydrogens (tertiary/aromatic N) is 2. The molecule has 10 nitrogen and oxygen atoms in total. The summed E-state index contributed by atoms with van der Waals surface area (Å²) in [6.45, 7) is 0. The van der Waals surface area contributed by atoms with Gasteiger partial charge in [0.05, 0.1) is 19.1 Å². The third-order valence-electron chi connectivity index (χ3n) is 3.51. The van der Waals surface area contributed by atoms with Crippen LogP contribution in [0.25, 0.3) is 0 Å². The van der Waals surface area contributed by atoms with Crippen LogP contribution in [0.3, 0.4) is 0 Å². The number of furan rings is 1. The number of carbonyl (C=O) groups is 3. The van der Waals surface area contributed by atoms with Gasteiger partial charge in [-0.3, -0.25) is 25.1 Å². The van der Waals surface area contributed by atoms with E-state index in [1.807, 2.05) is 0 Å². The second-order valence-corrected chi connectivity index (χ2v) is 6.50. The number of ether oxygens (including phenoxy) is 1. The van der Waals surface area contributed by atoms with Gasteiger partial charge in [-0.05, 0) is 24.3 Å². The highest BCUT2D eigenvalue weighted by Gasteiger charge is 2.26. The zero-order chi connectivity index (χ0) is 20.8. The molecule has 1 aliphatic heterocycles. The summed E-state index contributed by atoms with van der Waals surface area (Å²) in [5, 5.41) is 13.0. The molecule has 3 N–H and O–H groups in total. The Morgan fingerprint density at radius 1 is 1.34 bits per heavy atom. The summed E-state index contributed by atoms with van der Waals surface area (Å²) in [5.41, 5.74) is 0.125. The number of amidine groups is 2. The number of carbonyl (C=O) groups excluding carboxylic acids is 3. The summed E-state index contributed by atoms with van der Waals surface area (Å²) in [4.78, 5) is 43.6. The van der Waals surface area contributed by atoms with Gasteiger partial charge in [0.2, 0.25) is 5.91 Å². The van der Waals surface area contributed by atoms with Crippen molar-refractivity contribution in [3.8, 4) is 5.75 Å². The average Bonchev–Trinajstić information content (AvgIpc) is 3.24. The zero-order valence-electron chi connectivity index (χ0n) is 15.1. The molecule has 0 saturated carbocycles. The van der Waals surface area contributed by atoms with E-state index < -0.39 is 23.4 Å². The SMILES string of the molecule is COc1cccc(NC(=O)CSC2=NC(=N)C(=NC(=O)c3ccco3)C(=O)N2)c1. The minimum atomic E-state index is -0.797. The summed E-state index contributed by atoms with van der Waals surface area (Å²) < 4.78 is 9.99. The number of nitrogens with one attached hydrogen (secondary N) is 3. The molecule has 0 radical (unpaired) electrons. The third kappa shape index (κ3) is 5.17. The van der Waals surface area contributed by atoms with E-state index in [0.717, 1.165) is 11.8 Å². The van der Waals surface area contributed by atoms with Crippen molar-refractivity contribution in [2.24, 2.45) is 9.98 Å². The summed E-state index contributed by atoms with van der Waals surface area (Å²) in [7, 11) is 1.52. The lowest BCUT2D eigenvalue weighted by molar-refractivity contribution is -0.114. The second-order valence-electron chi connectivity index (χ2n) is 5.53. The fourth-order valence-electron chi connectivity index (χ4n) is 2.21. The summed E-state index contributed by atoms with van der Waals surface area (Å²) in [6, 6.07) is 9.75. The van der Waals surface area contributed by atoms with Crippen LogP contribution in [-0.2, 0) is 9.59 Å². The van der Waals surface area contributed by atoms with Crippen molar-refractivity contribution in [3.63, 3.8) is 0 Å². The number of benzene rings is 1. The van der Waals surface area contributed by atoms with Crippen LogP contribution in [0, 0.1) is 5.41 Å². The van der Waals surface area contributed by atoms with Crippen LogP contribution in [0.1, 0.15) is 10.6 Å². The molecule has 2 aromatic rings. The Labute approximate surface area is 168 Å². The first-order valence-corrected chi connectivity index (χ1v) is 9.17. The van der Waals surface area contributed by atoms with Gasteiger partial charge in [-0.2, -0.15) is 4.99 Å². The van der Waals surface area contributed by atoms with Gasteiger partial charge in [0.15, 0.2) is 22.5 Å². The lowest BCUT2D eigenvalue weighted by Gasteiger charge is -2.14. The summed E-state index contributed by atoms with van der Waals surface area (Å²) in [5.74, 6) is -1.89. The van der Waals surface area contributed by atoms with Crippen molar-refractivity contribution in [3.05, 3.63) is 48.4 Å². The molecule has 3 rings (SSSR count). The van der Waals surface area contributed by atoms with Crippen LogP contribution in [0.2, 0.25) is 0 Å². The number of hydrogen-bond acceptors (Lipinski definition) is 7. The van der Waals surface area contributed by atoms with Crippen molar-refractivity contribution in [2.45, 2.75) is 0 Å². The van der Waals surface area contributed by atoms with Crippen LogP contribution >= 0.6 is 11.8 Å². The molecule has 1 aromatic heterocycles.